The molecule has 2 heterocycles. The van der Waals surface area contributed by atoms with Crippen molar-refractivity contribution in [2.24, 2.45) is 0 Å². The van der Waals surface area contributed by atoms with Crippen molar-refractivity contribution in [1.29, 1.82) is 0 Å². The first-order chi connectivity index (χ1) is 9.58. The minimum Gasteiger partial charge on any atom is -0.388 e. The van der Waals surface area contributed by atoms with Gasteiger partial charge >= 0.3 is 0 Å². The average molecular weight is 298 g/mol. The summed E-state index contributed by atoms with van der Waals surface area (Å²) in [4.78, 5) is 12.3. The molecule has 2 fully saturated rings. The number of aliphatic hydroxyl groups excluding tert-OH is 1. The number of halogens is 1. The Bertz CT molecular complexity index is 536. The summed E-state index contributed by atoms with van der Waals surface area (Å²) < 4.78 is 11.0. The van der Waals surface area contributed by atoms with Gasteiger partial charge in [0.2, 0.25) is 0 Å². The second-order valence-electron chi connectivity index (χ2n) is 5.16. The third kappa shape index (κ3) is 2.31. The van der Waals surface area contributed by atoms with E-state index in [9.17, 15) is 9.90 Å². The molecule has 0 aromatic heterocycles. The fraction of sp³-hybridized carbons (Fsp3) is 0.500. The molecule has 5 nitrogen and oxygen atoms in total. The van der Waals surface area contributed by atoms with Crippen molar-refractivity contribution >= 4 is 17.5 Å². The Morgan fingerprint density at radius 3 is 2.90 bits per heavy atom. The summed E-state index contributed by atoms with van der Waals surface area (Å²) in [6, 6.07) is 4.98. The summed E-state index contributed by atoms with van der Waals surface area (Å²) >= 11 is 6.02. The first-order valence-corrected chi connectivity index (χ1v) is 6.93. The van der Waals surface area contributed by atoms with Gasteiger partial charge in [0.15, 0.2) is 0 Å². The highest BCUT2D eigenvalue weighted by Gasteiger charge is 2.47. The Kier molecular flexibility index (Phi) is 3.69. The zero-order valence-electron chi connectivity index (χ0n) is 11.0. The van der Waals surface area contributed by atoms with E-state index in [-0.39, 0.29) is 30.8 Å². The molecule has 0 bridgehead atoms. The Morgan fingerprint density at radius 2 is 2.10 bits per heavy atom. The molecule has 4 atom stereocenters. The molecule has 1 amide bonds. The summed E-state index contributed by atoms with van der Waals surface area (Å²) in [5, 5.41) is 13.1. The molecular formula is C14H16ClNO4. The number of ether oxygens (including phenoxy) is 2. The second-order valence-corrected chi connectivity index (χ2v) is 5.56. The van der Waals surface area contributed by atoms with Gasteiger partial charge in [0.05, 0.1) is 19.3 Å². The van der Waals surface area contributed by atoms with Gasteiger partial charge in [-0.15, -0.1) is 0 Å². The largest absolute Gasteiger partial charge is 0.388 e. The first kappa shape index (κ1) is 13.8. The van der Waals surface area contributed by atoms with Gasteiger partial charge in [-0.1, -0.05) is 17.7 Å². The van der Waals surface area contributed by atoms with Gasteiger partial charge in [-0.2, -0.15) is 0 Å². The highest BCUT2D eigenvalue weighted by molar-refractivity contribution is 6.31. The van der Waals surface area contributed by atoms with Gasteiger partial charge in [0.25, 0.3) is 5.91 Å². The van der Waals surface area contributed by atoms with Gasteiger partial charge in [0.1, 0.15) is 18.3 Å². The Labute approximate surface area is 121 Å². The van der Waals surface area contributed by atoms with Crippen LogP contribution >= 0.6 is 11.6 Å². The quantitative estimate of drug-likeness (QED) is 0.851. The van der Waals surface area contributed by atoms with E-state index in [1.807, 2.05) is 0 Å². The normalized spacial score (nSPS) is 32.1. The number of fused-ring (bicyclic) bond motifs is 1. The van der Waals surface area contributed by atoms with Crippen LogP contribution in [0.3, 0.4) is 0 Å². The SMILES string of the molecule is Cc1c(Cl)cccc1C(=O)N[C@H]1CO[C@H]2[C@@H]1OC[C@H]2O. The second kappa shape index (κ2) is 5.33. The summed E-state index contributed by atoms with van der Waals surface area (Å²) in [5.74, 6) is -0.204. The molecule has 0 unspecified atom stereocenters. The zero-order chi connectivity index (χ0) is 14.3. The minimum absolute atomic E-state index is 0.204. The van der Waals surface area contributed by atoms with E-state index in [1.165, 1.54) is 0 Å². The Hall–Kier alpha value is -1.14. The van der Waals surface area contributed by atoms with Crippen LogP contribution in [-0.2, 0) is 9.47 Å². The topological polar surface area (TPSA) is 67.8 Å². The average Bonchev–Trinajstić information content (AvgIpc) is 2.97. The van der Waals surface area contributed by atoms with Crippen molar-refractivity contribution in [3.8, 4) is 0 Å². The molecular weight excluding hydrogens is 282 g/mol. The van der Waals surface area contributed by atoms with Crippen molar-refractivity contribution in [2.45, 2.75) is 31.3 Å². The lowest BCUT2D eigenvalue weighted by atomic mass is 10.1. The number of rotatable bonds is 2. The maximum absolute atomic E-state index is 12.3. The van der Waals surface area contributed by atoms with Crippen LogP contribution in [-0.4, -0.2) is 48.6 Å². The molecule has 1 aromatic carbocycles. The van der Waals surface area contributed by atoms with Gasteiger partial charge in [0, 0.05) is 10.6 Å². The molecule has 0 saturated carbocycles. The molecule has 20 heavy (non-hydrogen) atoms. The van der Waals surface area contributed by atoms with Gasteiger partial charge in [-0.25, -0.2) is 0 Å². The number of amides is 1. The third-order valence-corrected chi connectivity index (χ3v) is 4.27. The standard InChI is InChI=1S/C14H16ClNO4/c1-7-8(3-2-4-9(7)15)14(18)16-10-5-19-13-11(17)6-20-12(10)13/h2-4,10-13,17H,5-6H2,1H3,(H,16,18)/t10-,11+,12+,13+/m0/s1. The van der Waals surface area contributed by atoms with Crippen molar-refractivity contribution in [1.82, 2.24) is 5.32 Å². The van der Waals surface area contributed by atoms with Crippen LogP contribution < -0.4 is 5.32 Å². The van der Waals surface area contributed by atoms with Crippen LogP contribution in [0.15, 0.2) is 18.2 Å². The number of carbonyl (C=O) groups excluding carboxylic acids is 1. The van der Waals surface area contributed by atoms with Crippen molar-refractivity contribution < 1.29 is 19.4 Å². The number of benzene rings is 1. The molecule has 2 aliphatic heterocycles. The number of nitrogens with one attached hydrogen (secondary N) is 1. The summed E-state index contributed by atoms with van der Waals surface area (Å²) in [5.41, 5.74) is 1.29. The van der Waals surface area contributed by atoms with Crippen molar-refractivity contribution in [2.75, 3.05) is 13.2 Å². The Balaban J connectivity index is 1.72. The summed E-state index contributed by atoms with van der Waals surface area (Å²) in [6.07, 6.45) is -1.25. The van der Waals surface area contributed by atoms with Crippen LogP contribution in [0.2, 0.25) is 5.02 Å². The predicted octanol–water partition coefficient (Wildman–Crippen LogP) is 0.905. The van der Waals surface area contributed by atoms with Crippen LogP contribution in [0.25, 0.3) is 0 Å². The third-order valence-electron chi connectivity index (χ3n) is 3.86. The van der Waals surface area contributed by atoms with E-state index in [0.717, 1.165) is 5.56 Å². The lowest BCUT2D eigenvalue weighted by molar-refractivity contribution is 0.0178. The number of hydrogen-bond donors (Lipinski definition) is 2. The highest BCUT2D eigenvalue weighted by atomic mass is 35.5. The Morgan fingerprint density at radius 1 is 1.35 bits per heavy atom. The van der Waals surface area contributed by atoms with Crippen LogP contribution in [0, 0.1) is 6.92 Å². The molecule has 1 aromatic rings. The molecule has 6 heteroatoms. The highest BCUT2D eigenvalue weighted by Crippen LogP contribution is 2.27. The van der Waals surface area contributed by atoms with Gasteiger partial charge < -0.3 is 19.9 Å². The molecule has 0 spiro atoms. The fourth-order valence-corrected chi connectivity index (χ4v) is 2.88. The molecule has 0 aliphatic carbocycles. The van der Waals surface area contributed by atoms with Crippen molar-refractivity contribution in [3.05, 3.63) is 34.3 Å². The number of hydrogen-bond acceptors (Lipinski definition) is 4. The van der Waals surface area contributed by atoms with Crippen LogP contribution in [0.4, 0.5) is 0 Å². The van der Waals surface area contributed by atoms with Crippen LogP contribution in [0.1, 0.15) is 15.9 Å². The molecule has 108 valence electrons. The van der Waals surface area contributed by atoms with Crippen LogP contribution in [0.5, 0.6) is 0 Å². The van der Waals surface area contributed by atoms with Gasteiger partial charge in [-0.05, 0) is 24.6 Å². The monoisotopic (exact) mass is 297 g/mol. The summed E-state index contributed by atoms with van der Waals surface area (Å²) in [6.45, 7) is 2.40. The number of aliphatic hydroxyl groups is 1. The smallest absolute Gasteiger partial charge is 0.251 e. The maximum Gasteiger partial charge on any atom is 0.251 e. The van der Waals surface area contributed by atoms with Crippen molar-refractivity contribution in [3.63, 3.8) is 0 Å². The fourth-order valence-electron chi connectivity index (χ4n) is 2.70. The zero-order valence-corrected chi connectivity index (χ0v) is 11.8. The maximum atomic E-state index is 12.3. The van der Waals surface area contributed by atoms with E-state index < -0.39 is 6.10 Å². The predicted molar refractivity (Wildman–Crippen MR) is 72.9 cm³/mol. The molecule has 2 aliphatic rings. The van der Waals surface area contributed by atoms with E-state index in [0.29, 0.717) is 17.2 Å². The molecule has 0 radical (unpaired) electrons. The first-order valence-electron chi connectivity index (χ1n) is 6.55. The van der Waals surface area contributed by atoms with E-state index in [4.69, 9.17) is 21.1 Å². The summed E-state index contributed by atoms with van der Waals surface area (Å²) in [7, 11) is 0. The van der Waals surface area contributed by atoms with E-state index >= 15 is 0 Å². The molecule has 3 rings (SSSR count). The van der Waals surface area contributed by atoms with E-state index in [1.54, 1.807) is 25.1 Å². The lowest BCUT2D eigenvalue weighted by Crippen LogP contribution is -2.44. The molecule has 2 saturated heterocycles. The molecule has 2 N–H and O–H groups in total. The van der Waals surface area contributed by atoms with E-state index in [2.05, 4.69) is 5.32 Å². The van der Waals surface area contributed by atoms with Gasteiger partial charge in [-0.3, -0.25) is 4.79 Å². The number of carbonyl (C=O) groups is 1. The minimum atomic E-state index is -0.616. The lowest BCUT2D eigenvalue weighted by Gasteiger charge is -2.18.